The number of carbonyl (C=O) groups is 1. The molecule has 0 N–H and O–H groups in total. The van der Waals surface area contributed by atoms with E-state index in [9.17, 15) is 13.2 Å². The lowest BCUT2D eigenvalue weighted by Crippen LogP contribution is -2.38. The van der Waals surface area contributed by atoms with Gasteiger partial charge in [-0.05, 0) is 30.3 Å². The highest BCUT2D eigenvalue weighted by Gasteiger charge is 2.49. The van der Waals surface area contributed by atoms with Gasteiger partial charge in [-0.25, -0.2) is 8.42 Å². The second kappa shape index (κ2) is 8.18. The van der Waals surface area contributed by atoms with Crippen molar-refractivity contribution in [3.63, 3.8) is 0 Å². The van der Waals surface area contributed by atoms with Gasteiger partial charge in [0.1, 0.15) is 5.75 Å². The van der Waals surface area contributed by atoms with Crippen LogP contribution in [0.25, 0.3) is 0 Å². The highest BCUT2D eigenvalue weighted by atomic mass is 35.5. The minimum Gasteiger partial charge on any atom is -0.484 e. The van der Waals surface area contributed by atoms with Gasteiger partial charge in [0, 0.05) is 10.3 Å². The van der Waals surface area contributed by atoms with Gasteiger partial charge < -0.3 is 9.64 Å². The summed E-state index contributed by atoms with van der Waals surface area (Å²) in [6, 6.07) is 13.6. The summed E-state index contributed by atoms with van der Waals surface area (Å²) >= 11 is 13.6. The molecule has 2 saturated heterocycles. The largest absolute Gasteiger partial charge is 0.484 e. The summed E-state index contributed by atoms with van der Waals surface area (Å²) in [5.41, 5.74) is 0.573. The molecule has 0 unspecified atom stereocenters. The zero-order valence-corrected chi connectivity index (χ0v) is 18.1. The fourth-order valence-corrected chi connectivity index (χ4v) is 7.75. The van der Waals surface area contributed by atoms with Gasteiger partial charge in [-0.1, -0.05) is 53.2 Å². The molecule has 2 aromatic carbocycles. The fraction of sp³-hybridized carbons (Fsp3) is 0.263. The number of halogens is 2. The maximum Gasteiger partial charge on any atom is 0.285 e. The van der Waals surface area contributed by atoms with E-state index in [2.05, 4.69) is 4.99 Å². The molecule has 2 fully saturated rings. The van der Waals surface area contributed by atoms with Crippen LogP contribution in [0.15, 0.2) is 53.5 Å². The average Bonchev–Trinajstić information content (AvgIpc) is 3.12. The SMILES string of the molecule is O=C(COc1ccccc1)N=C1S[C@H]2CS(=O)(=O)C[C@@H]2N1c1ccc(Cl)cc1Cl. The van der Waals surface area contributed by atoms with E-state index in [0.717, 1.165) is 0 Å². The van der Waals surface area contributed by atoms with Crippen LogP contribution in [0.5, 0.6) is 5.75 Å². The van der Waals surface area contributed by atoms with Gasteiger partial charge in [0.05, 0.1) is 28.3 Å². The summed E-state index contributed by atoms with van der Waals surface area (Å²) < 4.78 is 29.7. The van der Waals surface area contributed by atoms with Gasteiger partial charge in [0.2, 0.25) is 0 Å². The summed E-state index contributed by atoms with van der Waals surface area (Å²) in [7, 11) is -3.16. The molecule has 2 heterocycles. The number of thioether (sulfide) groups is 1. The van der Waals surface area contributed by atoms with Crippen molar-refractivity contribution in [1.82, 2.24) is 0 Å². The van der Waals surface area contributed by atoms with Crippen LogP contribution >= 0.6 is 35.0 Å². The van der Waals surface area contributed by atoms with Crippen LogP contribution in [-0.2, 0) is 14.6 Å². The molecule has 0 radical (unpaired) electrons. The molecule has 6 nitrogen and oxygen atoms in total. The number of nitrogens with zero attached hydrogens (tertiary/aromatic N) is 2. The molecule has 0 aromatic heterocycles. The van der Waals surface area contributed by atoms with Crippen LogP contribution in [-0.4, -0.2) is 48.9 Å². The molecule has 0 bridgehead atoms. The Bertz CT molecular complexity index is 1080. The fourth-order valence-electron chi connectivity index (χ4n) is 3.32. The van der Waals surface area contributed by atoms with Crippen LogP contribution in [0.1, 0.15) is 0 Å². The van der Waals surface area contributed by atoms with Crippen LogP contribution in [0.2, 0.25) is 10.0 Å². The Hall–Kier alpha value is -1.74. The number of fused-ring (bicyclic) bond motifs is 1. The van der Waals surface area contributed by atoms with Crippen molar-refractivity contribution in [1.29, 1.82) is 0 Å². The molecule has 1 amide bonds. The van der Waals surface area contributed by atoms with E-state index in [1.54, 1.807) is 35.2 Å². The predicted molar refractivity (Wildman–Crippen MR) is 117 cm³/mol. The summed E-state index contributed by atoms with van der Waals surface area (Å²) in [6.45, 7) is -0.218. The van der Waals surface area contributed by atoms with E-state index >= 15 is 0 Å². The Kier molecular flexibility index (Phi) is 5.79. The first-order chi connectivity index (χ1) is 13.8. The second-order valence-electron chi connectivity index (χ2n) is 6.66. The number of hydrogen-bond donors (Lipinski definition) is 0. The lowest BCUT2D eigenvalue weighted by molar-refractivity contribution is -0.119. The molecule has 2 aromatic rings. The molecule has 0 saturated carbocycles. The minimum absolute atomic E-state index is 0.0165. The van der Waals surface area contributed by atoms with Crippen molar-refractivity contribution in [2.75, 3.05) is 23.0 Å². The maximum atomic E-state index is 12.4. The normalized spacial score (nSPS) is 23.9. The van der Waals surface area contributed by atoms with E-state index in [1.807, 2.05) is 18.2 Å². The first-order valence-electron chi connectivity index (χ1n) is 8.73. The lowest BCUT2D eigenvalue weighted by Gasteiger charge is -2.25. The highest BCUT2D eigenvalue weighted by Crippen LogP contribution is 2.43. The minimum atomic E-state index is -3.16. The van der Waals surface area contributed by atoms with Crippen molar-refractivity contribution in [3.05, 3.63) is 58.6 Å². The number of carbonyl (C=O) groups excluding carboxylic acids is 1. The molecule has 29 heavy (non-hydrogen) atoms. The van der Waals surface area contributed by atoms with E-state index < -0.39 is 15.7 Å². The van der Waals surface area contributed by atoms with Crippen LogP contribution in [0.4, 0.5) is 5.69 Å². The average molecular weight is 471 g/mol. The maximum absolute atomic E-state index is 12.4. The zero-order valence-electron chi connectivity index (χ0n) is 15.0. The van der Waals surface area contributed by atoms with E-state index in [4.69, 9.17) is 27.9 Å². The third-order valence-corrected chi connectivity index (χ3v) is 8.31. The van der Waals surface area contributed by atoms with Crippen molar-refractivity contribution >= 4 is 61.6 Å². The summed E-state index contributed by atoms with van der Waals surface area (Å²) in [4.78, 5) is 18.3. The van der Waals surface area contributed by atoms with E-state index in [-0.39, 0.29) is 29.4 Å². The van der Waals surface area contributed by atoms with E-state index in [1.165, 1.54) is 11.8 Å². The van der Waals surface area contributed by atoms with Gasteiger partial charge in [0.15, 0.2) is 21.6 Å². The summed E-state index contributed by atoms with van der Waals surface area (Å²) in [5, 5.41) is 1.03. The number of benzene rings is 2. The molecule has 2 atom stereocenters. The Labute approximate surface area is 182 Å². The van der Waals surface area contributed by atoms with E-state index in [0.29, 0.717) is 26.6 Å². The standard InChI is InChI=1S/C19H16Cl2N2O4S2/c20-12-6-7-15(14(21)8-12)23-16-10-29(25,26)11-17(16)28-19(23)22-18(24)9-27-13-4-2-1-3-5-13/h1-8,16-17H,9-11H2/t16-,17-/m0/s1. The zero-order chi connectivity index (χ0) is 20.6. The Morgan fingerprint density at radius 3 is 2.66 bits per heavy atom. The van der Waals surface area contributed by atoms with Crippen molar-refractivity contribution in [3.8, 4) is 5.75 Å². The van der Waals surface area contributed by atoms with Crippen LogP contribution in [0.3, 0.4) is 0 Å². The topological polar surface area (TPSA) is 76.0 Å². The van der Waals surface area contributed by atoms with Gasteiger partial charge in [-0.2, -0.15) is 4.99 Å². The first kappa shape index (κ1) is 20.5. The third-order valence-electron chi connectivity index (χ3n) is 4.56. The number of aliphatic imine (C=N–C) groups is 1. The molecule has 0 spiro atoms. The number of rotatable bonds is 4. The monoisotopic (exact) mass is 470 g/mol. The second-order valence-corrected chi connectivity index (χ2v) is 10.9. The Morgan fingerprint density at radius 2 is 1.93 bits per heavy atom. The number of anilines is 1. The molecule has 152 valence electrons. The van der Waals surface area contributed by atoms with Crippen molar-refractivity contribution < 1.29 is 17.9 Å². The molecular weight excluding hydrogens is 455 g/mol. The Morgan fingerprint density at radius 1 is 1.17 bits per heavy atom. The number of amidine groups is 1. The highest BCUT2D eigenvalue weighted by molar-refractivity contribution is 8.16. The molecule has 2 aliphatic rings. The van der Waals surface area contributed by atoms with Gasteiger partial charge in [-0.3, -0.25) is 4.79 Å². The van der Waals surface area contributed by atoms with Gasteiger partial charge in [-0.15, -0.1) is 0 Å². The predicted octanol–water partition coefficient (Wildman–Crippen LogP) is 3.67. The molecule has 4 rings (SSSR count). The van der Waals surface area contributed by atoms with Crippen LogP contribution in [0, 0.1) is 0 Å². The molecular formula is C19H16Cl2N2O4S2. The number of amides is 1. The molecule has 10 heteroatoms. The quantitative estimate of drug-likeness (QED) is 0.678. The van der Waals surface area contributed by atoms with Crippen molar-refractivity contribution in [2.45, 2.75) is 11.3 Å². The molecule has 0 aliphatic carbocycles. The number of para-hydroxylation sites is 1. The van der Waals surface area contributed by atoms with Gasteiger partial charge in [0.25, 0.3) is 5.91 Å². The number of sulfone groups is 1. The summed E-state index contributed by atoms with van der Waals surface area (Å²) in [5.74, 6) is 0.129. The number of hydrogen-bond acceptors (Lipinski definition) is 5. The molecule has 2 aliphatic heterocycles. The van der Waals surface area contributed by atoms with Crippen LogP contribution < -0.4 is 9.64 Å². The number of ether oxygens (including phenoxy) is 1. The third kappa shape index (κ3) is 4.55. The van der Waals surface area contributed by atoms with Crippen molar-refractivity contribution in [2.24, 2.45) is 4.99 Å². The lowest BCUT2D eigenvalue weighted by atomic mass is 10.2. The summed E-state index contributed by atoms with van der Waals surface area (Å²) in [6.07, 6.45) is 0. The first-order valence-corrected chi connectivity index (χ1v) is 12.2. The van der Waals surface area contributed by atoms with Gasteiger partial charge >= 0.3 is 0 Å². The Balaban J connectivity index is 1.60. The smallest absolute Gasteiger partial charge is 0.285 e.